The van der Waals surface area contributed by atoms with Gasteiger partial charge in [0.1, 0.15) is 17.7 Å². The van der Waals surface area contributed by atoms with Crippen molar-refractivity contribution in [2.75, 3.05) is 16.4 Å². The first-order chi connectivity index (χ1) is 15.3. The van der Waals surface area contributed by atoms with Crippen molar-refractivity contribution in [3.05, 3.63) is 83.6 Å². The Morgan fingerprint density at radius 1 is 1.06 bits per heavy atom. The van der Waals surface area contributed by atoms with E-state index in [1.165, 1.54) is 24.5 Å². The van der Waals surface area contributed by atoms with Gasteiger partial charge in [-0.2, -0.15) is 5.10 Å². The molecule has 2 heterocycles. The van der Waals surface area contributed by atoms with Crippen LogP contribution in [0.5, 0.6) is 0 Å². The van der Waals surface area contributed by atoms with E-state index in [-0.39, 0.29) is 23.2 Å². The first kappa shape index (κ1) is 21.0. The van der Waals surface area contributed by atoms with E-state index in [0.29, 0.717) is 22.3 Å². The number of benzene rings is 2. The minimum absolute atomic E-state index is 0.0502. The Morgan fingerprint density at radius 2 is 1.84 bits per heavy atom. The van der Waals surface area contributed by atoms with Crippen LogP contribution in [0, 0.1) is 5.82 Å². The highest BCUT2D eigenvalue weighted by Crippen LogP contribution is 2.27. The monoisotopic (exact) mass is 432 g/mol. The molecule has 0 saturated carbocycles. The van der Waals surface area contributed by atoms with Crippen LogP contribution in [0.3, 0.4) is 0 Å². The first-order valence-electron chi connectivity index (χ1n) is 9.94. The molecule has 0 aliphatic heterocycles. The van der Waals surface area contributed by atoms with Crippen LogP contribution in [0.4, 0.5) is 26.4 Å². The largest absolute Gasteiger partial charge is 0.382 e. The molecule has 0 bridgehead atoms. The van der Waals surface area contributed by atoms with Crippen LogP contribution in [0.2, 0.25) is 0 Å². The third-order valence-electron chi connectivity index (χ3n) is 4.95. The quantitative estimate of drug-likeness (QED) is 0.403. The molecule has 8 nitrogen and oxygen atoms in total. The molecule has 0 radical (unpaired) electrons. The Hall–Kier alpha value is -4.27. The maximum Gasteiger partial charge on any atom is 0.323 e. The number of nitrogens with one attached hydrogen (secondary N) is 2. The van der Waals surface area contributed by atoms with Crippen molar-refractivity contribution in [1.82, 2.24) is 14.6 Å². The van der Waals surface area contributed by atoms with Crippen LogP contribution in [0.25, 0.3) is 5.52 Å². The Bertz CT molecular complexity index is 1330. The van der Waals surface area contributed by atoms with Gasteiger partial charge in [-0.15, -0.1) is 0 Å². The van der Waals surface area contributed by atoms with Gasteiger partial charge in [-0.3, -0.25) is 4.79 Å². The number of aromatic nitrogens is 3. The maximum atomic E-state index is 13.8. The number of amides is 2. The van der Waals surface area contributed by atoms with Crippen LogP contribution in [0.1, 0.15) is 41.4 Å². The fraction of sp³-hybridized carbons (Fsp3) is 0.130. The summed E-state index contributed by atoms with van der Waals surface area (Å²) in [6.45, 7) is 3.99. The lowest BCUT2D eigenvalue weighted by molar-refractivity contribution is 0.104. The molecule has 2 amide bonds. The number of carbonyl (C=O) groups excluding carboxylic acids is 2. The summed E-state index contributed by atoms with van der Waals surface area (Å²) in [5.74, 6) is -0.524. The van der Waals surface area contributed by atoms with E-state index in [2.05, 4.69) is 20.7 Å². The summed E-state index contributed by atoms with van der Waals surface area (Å²) in [5, 5.41) is 9.29. The molecule has 0 unspecified atom stereocenters. The van der Waals surface area contributed by atoms with E-state index < -0.39 is 11.8 Å². The Labute approximate surface area is 183 Å². The summed E-state index contributed by atoms with van der Waals surface area (Å²) in [6, 6.07) is 13.4. The minimum Gasteiger partial charge on any atom is -0.382 e. The number of anilines is 3. The molecular weight excluding hydrogens is 411 g/mol. The molecule has 0 atom stereocenters. The summed E-state index contributed by atoms with van der Waals surface area (Å²) < 4.78 is 15.4. The molecule has 0 aliphatic rings. The number of nitrogens with zero attached hydrogens (tertiary/aromatic N) is 3. The average Bonchev–Trinajstić information content (AvgIpc) is 3.16. The standard InChI is InChI=1S/C23H21FN6O2/c1-13(2)19-11-16(20-22(25)26-12-27-30(19)20)21(31)14-6-5-7-15(10-14)28-23(32)29-18-9-4-3-8-17(18)24/h3-13H,1-2H3,(H2,25,26,27)(H2,28,29,32). The number of hydrogen-bond acceptors (Lipinski definition) is 5. The van der Waals surface area contributed by atoms with Gasteiger partial charge in [0, 0.05) is 16.9 Å². The fourth-order valence-electron chi connectivity index (χ4n) is 3.42. The Morgan fingerprint density at radius 3 is 2.59 bits per heavy atom. The van der Waals surface area contributed by atoms with Crippen LogP contribution in [-0.2, 0) is 0 Å². The van der Waals surface area contributed by atoms with Gasteiger partial charge in [-0.05, 0) is 36.2 Å². The second kappa shape index (κ2) is 8.46. The number of rotatable bonds is 5. The smallest absolute Gasteiger partial charge is 0.323 e. The molecule has 9 heteroatoms. The van der Waals surface area contributed by atoms with Gasteiger partial charge in [0.25, 0.3) is 0 Å². The normalized spacial score (nSPS) is 11.0. The van der Waals surface area contributed by atoms with Crippen molar-refractivity contribution < 1.29 is 14.0 Å². The third-order valence-corrected chi connectivity index (χ3v) is 4.95. The van der Waals surface area contributed by atoms with Gasteiger partial charge < -0.3 is 16.4 Å². The summed E-state index contributed by atoms with van der Waals surface area (Å²) >= 11 is 0. The minimum atomic E-state index is -0.631. The van der Waals surface area contributed by atoms with Gasteiger partial charge >= 0.3 is 6.03 Å². The van der Waals surface area contributed by atoms with E-state index >= 15 is 0 Å². The van der Waals surface area contributed by atoms with Crippen molar-refractivity contribution in [3.8, 4) is 0 Å². The van der Waals surface area contributed by atoms with Gasteiger partial charge in [-0.1, -0.05) is 38.1 Å². The average molecular weight is 432 g/mol. The first-order valence-corrected chi connectivity index (χ1v) is 9.94. The number of carbonyl (C=O) groups is 2. The van der Waals surface area contributed by atoms with Gasteiger partial charge in [-0.25, -0.2) is 18.7 Å². The lowest BCUT2D eigenvalue weighted by Crippen LogP contribution is -2.20. The molecule has 4 aromatic rings. The summed E-state index contributed by atoms with van der Waals surface area (Å²) in [5.41, 5.74) is 8.47. The Kier molecular flexibility index (Phi) is 5.55. The van der Waals surface area contributed by atoms with Crippen molar-refractivity contribution >= 4 is 34.5 Å². The number of para-hydroxylation sites is 1. The van der Waals surface area contributed by atoms with Crippen molar-refractivity contribution in [3.63, 3.8) is 0 Å². The van der Waals surface area contributed by atoms with Crippen molar-refractivity contribution in [2.24, 2.45) is 0 Å². The number of fused-ring (bicyclic) bond motifs is 1. The maximum absolute atomic E-state index is 13.8. The molecule has 4 rings (SSSR count). The lowest BCUT2D eigenvalue weighted by Gasteiger charge is -2.09. The zero-order valence-electron chi connectivity index (χ0n) is 17.5. The van der Waals surface area contributed by atoms with E-state index in [9.17, 15) is 14.0 Å². The van der Waals surface area contributed by atoms with Gasteiger partial charge in [0.2, 0.25) is 0 Å². The topological polar surface area (TPSA) is 114 Å². The number of nitrogens with two attached hydrogens (primary N) is 1. The van der Waals surface area contributed by atoms with Crippen LogP contribution in [0.15, 0.2) is 60.9 Å². The highest BCUT2D eigenvalue weighted by Gasteiger charge is 2.22. The van der Waals surface area contributed by atoms with Gasteiger partial charge in [0.05, 0.1) is 11.3 Å². The fourth-order valence-corrected chi connectivity index (χ4v) is 3.42. The van der Waals surface area contributed by atoms with E-state index in [1.807, 2.05) is 13.8 Å². The molecule has 162 valence electrons. The molecule has 0 fully saturated rings. The summed E-state index contributed by atoms with van der Waals surface area (Å²) in [7, 11) is 0. The van der Waals surface area contributed by atoms with Crippen molar-refractivity contribution in [2.45, 2.75) is 19.8 Å². The molecular formula is C23H21FN6O2. The zero-order valence-corrected chi connectivity index (χ0v) is 17.5. The number of urea groups is 1. The Balaban J connectivity index is 1.62. The molecule has 0 aliphatic carbocycles. The SMILES string of the molecule is CC(C)c1cc(C(=O)c2cccc(NC(=O)Nc3ccccc3F)c2)c2c(N)ncnn12. The number of hydrogen-bond donors (Lipinski definition) is 3. The van der Waals surface area contributed by atoms with E-state index in [0.717, 1.165) is 5.69 Å². The van der Waals surface area contributed by atoms with E-state index in [4.69, 9.17) is 5.73 Å². The summed E-state index contributed by atoms with van der Waals surface area (Å²) in [4.78, 5) is 29.6. The summed E-state index contributed by atoms with van der Waals surface area (Å²) in [6.07, 6.45) is 1.35. The molecule has 0 spiro atoms. The molecule has 4 N–H and O–H groups in total. The van der Waals surface area contributed by atoms with Gasteiger partial charge in [0.15, 0.2) is 11.6 Å². The number of nitrogen functional groups attached to an aromatic ring is 1. The predicted molar refractivity (Wildman–Crippen MR) is 120 cm³/mol. The lowest BCUT2D eigenvalue weighted by atomic mass is 10.0. The molecule has 2 aromatic carbocycles. The molecule has 0 saturated heterocycles. The molecule has 2 aromatic heterocycles. The molecule has 32 heavy (non-hydrogen) atoms. The number of ketones is 1. The second-order valence-corrected chi connectivity index (χ2v) is 7.51. The van der Waals surface area contributed by atoms with Crippen LogP contribution in [-0.4, -0.2) is 26.4 Å². The third kappa shape index (κ3) is 4.00. The van der Waals surface area contributed by atoms with E-state index in [1.54, 1.807) is 40.9 Å². The van der Waals surface area contributed by atoms with Crippen LogP contribution < -0.4 is 16.4 Å². The second-order valence-electron chi connectivity index (χ2n) is 7.51. The number of halogens is 1. The highest BCUT2D eigenvalue weighted by atomic mass is 19.1. The van der Waals surface area contributed by atoms with Crippen LogP contribution >= 0.6 is 0 Å². The predicted octanol–water partition coefficient (Wildman–Crippen LogP) is 4.45. The zero-order chi connectivity index (χ0) is 22.8. The highest BCUT2D eigenvalue weighted by molar-refractivity contribution is 6.15. The van der Waals surface area contributed by atoms with Crippen molar-refractivity contribution in [1.29, 1.82) is 0 Å².